The summed E-state index contributed by atoms with van der Waals surface area (Å²) < 4.78 is 16.9. The predicted molar refractivity (Wildman–Crippen MR) is 203 cm³/mol. The number of amides is 1. The molecule has 6 aromatic rings. The fraction of sp³-hybridized carbons (Fsp3) is 0.333. The van der Waals surface area contributed by atoms with Gasteiger partial charge in [0.05, 0.1) is 6.61 Å². The summed E-state index contributed by atoms with van der Waals surface area (Å²) in [6, 6.07) is 23.6. The Kier molecular flexibility index (Phi) is 11.9. The highest BCUT2D eigenvalue weighted by molar-refractivity contribution is 5.87. The fourth-order valence-electron chi connectivity index (χ4n) is 6.53. The Labute approximate surface area is 307 Å². The van der Waals surface area contributed by atoms with E-state index in [0.717, 1.165) is 49.4 Å². The van der Waals surface area contributed by atoms with Gasteiger partial charge in [-0.3, -0.25) is 19.2 Å². The molecule has 4 N–H and O–H groups in total. The Bertz CT molecular complexity index is 2190. The molecule has 0 bridgehead atoms. The molecule has 3 heterocycles. The van der Waals surface area contributed by atoms with Crippen LogP contribution in [0, 0.1) is 5.41 Å². The fourth-order valence-corrected chi connectivity index (χ4v) is 6.53. The van der Waals surface area contributed by atoms with Crippen molar-refractivity contribution in [3.63, 3.8) is 0 Å². The molecular weight excluding hydrogens is 672 g/mol. The Hall–Kier alpha value is -5.84. The largest absolute Gasteiger partial charge is 0.466 e. The van der Waals surface area contributed by atoms with Crippen molar-refractivity contribution in [1.29, 1.82) is 0 Å². The molecular formula is C42H46N4O7. The number of esters is 3. The van der Waals surface area contributed by atoms with Crippen LogP contribution in [0.5, 0.6) is 0 Å². The van der Waals surface area contributed by atoms with E-state index >= 15 is 0 Å². The van der Waals surface area contributed by atoms with Crippen LogP contribution in [0.1, 0.15) is 56.2 Å². The Morgan fingerprint density at radius 2 is 1.06 bits per heavy atom. The van der Waals surface area contributed by atoms with Gasteiger partial charge in [-0.15, -0.1) is 0 Å². The van der Waals surface area contributed by atoms with Gasteiger partial charge in [-0.2, -0.15) is 0 Å². The zero-order valence-corrected chi connectivity index (χ0v) is 30.2. The van der Waals surface area contributed by atoms with Gasteiger partial charge in [0.1, 0.15) is 6.61 Å². The van der Waals surface area contributed by atoms with Crippen LogP contribution >= 0.6 is 0 Å². The minimum atomic E-state index is -1.24. The average molecular weight is 719 g/mol. The molecule has 0 aliphatic heterocycles. The number of hydrogen-bond acceptors (Lipinski definition) is 7. The maximum absolute atomic E-state index is 13.6. The second kappa shape index (κ2) is 17.1. The number of hydrogen-bond donors (Lipinski definition) is 4. The van der Waals surface area contributed by atoms with Crippen LogP contribution in [-0.2, 0) is 52.7 Å². The molecule has 0 fully saturated rings. The maximum Gasteiger partial charge on any atom is 0.306 e. The van der Waals surface area contributed by atoms with E-state index in [1.54, 1.807) is 13.8 Å². The molecule has 0 unspecified atom stereocenters. The molecule has 0 spiro atoms. The zero-order valence-electron chi connectivity index (χ0n) is 30.2. The van der Waals surface area contributed by atoms with Crippen LogP contribution in [0.25, 0.3) is 32.7 Å². The van der Waals surface area contributed by atoms with Crippen molar-refractivity contribution in [2.24, 2.45) is 5.41 Å². The molecule has 1 amide bonds. The Morgan fingerprint density at radius 3 is 1.55 bits per heavy atom. The van der Waals surface area contributed by atoms with E-state index < -0.39 is 29.4 Å². The van der Waals surface area contributed by atoms with E-state index in [9.17, 15) is 19.2 Å². The molecule has 0 aliphatic carbocycles. The molecule has 3 aromatic heterocycles. The lowest BCUT2D eigenvalue weighted by Crippen LogP contribution is -2.49. The van der Waals surface area contributed by atoms with Gasteiger partial charge in [0.2, 0.25) is 0 Å². The molecule has 6 rings (SSSR count). The second-order valence-corrected chi connectivity index (χ2v) is 14.0. The van der Waals surface area contributed by atoms with Gasteiger partial charge in [0, 0.05) is 82.5 Å². The molecule has 1 atom stereocenters. The lowest BCUT2D eigenvalue weighted by atomic mass is 9.86. The van der Waals surface area contributed by atoms with E-state index in [0.29, 0.717) is 25.7 Å². The number of para-hydroxylation sites is 3. The number of benzene rings is 3. The number of nitrogens with one attached hydrogen (secondary N) is 4. The number of carbonyl (C=O) groups is 4. The Morgan fingerprint density at radius 1 is 0.623 bits per heavy atom. The molecule has 3 aromatic carbocycles. The van der Waals surface area contributed by atoms with Crippen molar-refractivity contribution in [1.82, 2.24) is 20.3 Å². The lowest BCUT2D eigenvalue weighted by molar-refractivity contribution is -0.168. The number of fused-ring (bicyclic) bond motifs is 3. The number of aryl methyl sites for hydroxylation is 3. The van der Waals surface area contributed by atoms with Crippen molar-refractivity contribution >= 4 is 56.5 Å². The molecule has 11 heteroatoms. The topological polar surface area (TPSA) is 155 Å². The molecule has 0 aliphatic rings. The van der Waals surface area contributed by atoms with E-state index in [1.807, 2.05) is 91.4 Å². The van der Waals surface area contributed by atoms with Gasteiger partial charge in [-0.1, -0.05) is 68.4 Å². The first kappa shape index (κ1) is 36.9. The van der Waals surface area contributed by atoms with Gasteiger partial charge in [0.15, 0.2) is 6.10 Å². The van der Waals surface area contributed by atoms with Crippen LogP contribution in [0.15, 0.2) is 91.4 Å². The summed E-state index contributed by atoms with van der Waals surface area (Å²) in [6.45, 7) is 3.64. The third-order valence-electron chi connectivity index (χ3n) is 9.51. The molecule has 0 saturated carbocycles. The van der Waals surface area contributed by atoms with Gasteiger partial charge in [-0.25, -0.2) is 0 Å². The molecule has 53 heavy (non-hydrogen) atoms. The summed E-state index contributed by atoms with van der Waals surface area (Å²) in [7, 11) is 0. The van der Waals surface area contributed by atoms with Crippen molar-refractivity contribution in [2.45, 2.75) is 64.9 Å². The van der Waals surface area contributed by atoms with Crippen molar-refractivity contribution in [3.8, 4) is 0 Å². The van der Waals surface area contributed by atoms with Crippen molar-refractivity contribution < 1.29 is 33.4 Å². The SMILES string of the molecule is CC(C)(COC(=O)CCc1c[nH]c2ccccc12)[C@@H](OC(=O)CCc1c[nH]c2ccccc12)C(=O)NCCCOC(=O)CCc1c[nH]c2ccccc12. The van der Waals surface area contributed by atoms with Gasteiger partial charge in [0.25, 0.3) is 5.91 Å². The smallest absolute Gasteiger partial charge is 0.306 e. The quantitative estimate of drug-likeness (QED) is 0.0430. The number of aromatic nitrogens is 3. The van der Waals surface area contributed by atoms with Gasteiger partial charge in [-0.05, 0) is 60.6 Å². The monoisotopic (exact) mass is 718 g/mol. The normalized spacial score (nSPS) is 12.2. The summed E-state index contributed by atoms with van der Waals surface area (Å²) in [5.74, 6) is -1.80. The second-order valence-electron chi connectivity index (χ2n) is 14.0. The summed E-state index contributed by atoms with van der Waals surface area (Å²) in [6.07, 6.45) is 6.71. The number of ether oxygens (including phenoxy) is 3. The first-order valence-corrected chi connectivity index (χ1v) is 18.1. The van der Waals surface area contributed by atoms with Crippen LogP contribution in [-0.4, -0.2) is 64.6 Å². The zero-order chi connectivity index (χ0) is 37.2. The van der Waals surface area contributed by atoms with Crippen LogP contribution in [0.3, 0.4) is 0 Å². The summed E-state index contributed by atoms with van der Waals surface area (Å²) in [5, 5.41) is 5.98. The summed E-state index contributed by atoms with van der Waals surface area (Å²) in [5.41, 5.74) is 4.97. The number of aromatic amines is 3. The number of rotatable bonds is 18. The maximum atomic E-state index is 13.6. The summed E-state index contributed by atoms with van der Waals surface area (Å²) in [4.78, 5) is 61.7. The van der Waals surface area contributed by atoms with Gasteiger partial charge < -0.3 is 34.5 Å². The Balaban J connectivity index is 0.999. The van der Waals surface area contributed by atoms with Crippen LogP contribution < -0.4 is 5.32 Å². The minimum Gasteiger partial charge on any atom is -0.466 e. The molecule has 276 valence electrons. The van der Waals surface area contributed by atoms with E-state index in [2.05, 4.69) is 20.3 Å². The predicted octanol–water partition coefficient (Wildman–Crippen LogP) is 6.86. The molecule has 0 saturated heterocycles. The van der Waals surface area contributed by atoms with E-state index in [1.165, 1.54) is 0 Å². The van der Waals surface area contributed by atoms with E-state index in [4.69, 9.17) is 14.2 Å². The highest BCUT2D eigenvalue weighted by Crippen LogP contribution is 2.27. The van der Waals surface area contributed by atoms with E-state index in [-0.39, 0.29) is 45.0 Å². The van der Waals surface area contributed by atoms with Gasteiger partial charge >= 0.3 is 17.9 Å². The first-order chi connectivity index (χ1) is 25.7. The van der Waals surface area contributed by atoms with Crippen molar-refractivity contribution in [2.75, 3.05) is 19.8 Å². The molecule has 0 radical (unpaired) electrons. The lowest BCUT2D eigenvalue weighted by Gasteiger charge is -2.32. The van der Waals surface area contributed by atoms with Crippen LogP contribution in [0.4, 0.5) is 0 Å². The third-order valence-corrected chi connectivity index (χ3v) is 9.51. The number of carbonyl (C=O) groups excluding carboxylic acids is 4. The van der Waals surface area contributed by atoms with Crippen LogP contribution in [0.2, 0.25) is 0 Å². The minimum absolute atomic E-state index is 0.0562. The summed E-state index contributed by atoms with van der Waals surface area (Å²) >= 11 is 0. The standard InChI is InChI=1S/C42H46N4O7/c1-42(2,27-52-38(48)20-17-29-25-45-35-14-7-4-11-32(29)35)40(53-39(49)21-18-30-26-46-36-15-8-5-12-33(30)36)41(50)43-22-9-23-51-37(47)19-16-28-24-44-34-13-6-3-10-31(28)34/h3-8,10-15,24-26,40,44-46H,9,16-23,27H2,1-2H3,(H,43,50)/t40-/m0/s1. The third kappa shape index (κ3) is 9.54. The highest BCUT2D eigenvalue weighted by atomic mass is 16.6. The average Bonchev–Trinajstić information content (AvgIpc) is 3.90. The van der Waals surface area contributed by atoms with Crippen molar-refractivity contribution in [3.05, 3.63) is 108 Å². The number of H-pyrrole nitrogens is 3. The molecule has 11 nitrogen and oxygen atoms in total. The highest BCUT2D eigenvalue weighted by Gasteiger charge is 2.40. The first-order valence-electron chi connectivity index (χ1n) is 18.1.